The van der Waals surface area contributed by atoms with Crippen molar-refractivity contribution in [3.8, 4) is 0 Å². The third-order valence-electron chi connectivity index (χ3n) is 2.91. The molecule has 22 heavy (non-hydrogen) atoms. The number of hydrogen-bond acceptors (Lipinski definition) is 6. The van der Waals surface area contributed by atoms with Crippen LogP contribution in [0.1, 0.15) is 5.56 Å². The Hall–Kier alpha value is -2.23. The molecule has 2 rings (SSSR count). The first-order valence-corrected chi connectivity index (χ1v) is 8.06. The minimum Gasteiger partial charge on any atom is -0.395 e. The predicted molar refractivity (Wildman–Crippen MR) is 78.8 cm³/mol. The van der Waals surface area contributed by atoms with E-state index in [4.69, 9.17) is 10.2 Å². The van der Waals surface area contributed by atoms with E-state index >= 15 is 0 Å². The second-order valence-electron chi connectivity index (χ2n) is 4.71. The lowest BCUT2D eigenvalue weighted by Gasteiger charge is -2.13. The zero-order chi connectivity index (χ0) is 16.3. The Morgan fingerprint density at radius 1 is 1.27 bits per heavy atom. The van der Waals surface area contributed by atoms with Crippen LogP contribution < -0.4 is 10.5 Å². The van der Waals surface area contributed by atoms with Crippen molar-refractivity contribution in [1.29, 1.82) is 0 Å². The number of imide groups is 1. The number of amides is 2. The molecule has 0 saturated heterocycles. The lowest BCUT2D eigenvalue weighted by Crippen LogP contribution is -2.34. The van der Waals surface area contributed by atoms with Crippen LogP contribution in [-0.4, -0.2) is 43.4 Å². The molecule has 0 bridgehead atoms. The summed E-state index contributed by atoms with van der Waals surface area (Å²) in [4.78, 5) is 24.5. The van der Waals surface area contributed by atoms with Crippen LogP contribution in [-0.2, 0) is 25.4 Å². The quantitative estimate of drug-likeness (QED) is 0.583. The molecule has 0 spiro atoms. The Kier molecular flexibility index (Phi) is 4.59. The van der Waals surface area contributed by atoms with Crippen LogP contribution in [0.4, 0.5) is 5.69 Å². The molecule has 118 valence electrons. The Balaban J connectivity index is 2.15. The van der Waals surface area contributed by atoms with Gasteiger partial charge in [-0.2, -0.15) is 0 Å². The number of sulfonamides is 1. The van der Waals surface area contributed by atoms with Gasteiger partial charge in [0.05, 0.1) is 18.9 Å². The number of aliphatic hydroxyl groups excluding tert-OH is 1. The molecular formula is C13H15N3O5S. The van der Waals surface area contributed by atoms with Gasteiger partial charge in [-0.1, -0.05) is 12.1 Å². The van der Waals surface area contributed by atoms with E-state index in [1.807, 2.05) is 0 Å². The van der Waals surface area contributed by atoms with Gasteiger partial charge < -0.3 is 10.4 Å². The number of benzene rings is 1. The largest absolute Gasteiger partial charge is 0.395 e. The first-order chi connectivity index (χ1) is 10.3. The van der Waals surface area contributed by atoms with E-state index in [1.54, 1.807) is 18.2 Å². The minimum absolute atomic E-state index is 0.0613. The van der Waals surface area contributed by atoms with E-state index in [9.17, 15) is 18.0 Å². The molecule has 8 nitrogen and oxygen atoms in total. The summed E-state index contributed by atoms with van der Waals surface area (Å²) in [6, 6.07) is 6.34. The molecule has 1 heterocycles. The number of nitrogens with one attached hydrogen (secondary N) is 1. The van der Waals surface area contributed by atoms with E-state index in [0.717, 1.165) is 11.0 Å². The zero-order valence-corrected chi connectivity index (χ0v) is 12.3. The lowest BCUT2D eigenvalue weighted by atomic mass is 10.2. The summed E-state index contributed by atoms with van der Waals surface area (Å²) in [5.41, 5.74) is 0.975. The van der Waals surface area contributed by atoms with Crippen molar-refractivity contribution in [1.82, 2.24) is 4.90 Å². The molecule has 2 amide bonds. The molecule has 1 aromatic rings. The van der Waals surface area contributed by atoms with Crippen LogP contribution in [0, 0.1) is 0 Å². The van der Waals surface area contributed by atoms with Gasteiger partial charge in [0.25, 0.3) is 11.8 Å². The summed E-state index contributed by atoms with van der Waals surface area (Å²) in [5, 5.41) is 16.6. The maximum atomic E-state index is 12.0. The number of aliphatic hydroxyl groups is 1. The molecule has 1 aliphatic rings. The molecule has 1 aromatic carbocycles. The number of carbonyl (C=O) groups excluding carboxylic acids is 2. The summed E-state index contributed by atoms with van der Waals surface area (Å²) < 4.78 is 22.2. The van der Waals surface area contributed by atoms with Crippen LogP contribution in [0.3, 0.4) is 0 Å². The highest BCUT2D eigenvalue weighted by atomic mass is 32.2. The highest BCUT2D eigenvalue weighted by molar-refractivity contribution is 7.88. The predicted octanol–water partition coefficient (Wildman–Crippen LogP) is -0.868. The van der Waals surface area contributed by atoms with Crippen molar-refractivity contribution in [2.75, 3.05) is 18.5 Å². The van der Waals surface area contributed by atoms with E-state index in [1.165, 1.54) is 6.07 Å². The third-order valence-corrected chi connectivity index (χ3v) is 3.64. The molecule has 0 aromatic heterocycles. The molecule has 4 N–H and O–H groups in total. The molecule has 0 radical (unpaired) electrons. The second-order valence-corrected chi connectivity index (χ2v) is 6.32. The van der Waals surface area contributed by atoms with Gasteiger partial charge in [0.1, 0.15) is 5.70 Å². The van der Waals surface area contributed by atoms with Gasteiger partial charge in [0, 0.05) is 11.8 Å². The highest BCUT2D eigenvalue weighted by Gasteiger charge is 2.30. The fourth-order valence-corrected chi connectivity index (χ4v) is 2.68. The van der Waals surface area contributed by atoms with E-state index in [-0.39, 0.29) is 24.6 Å². The van der Waals surface area contributed by atoms with Crippen molar-refractivity contribution < 1.29 is 23.1 Å². The number of hydrogen-bond donors (Lipinski definition) is 3. The van der Waals surface area contributed by atoms with Gasteiger partial charge in [0.15, 0.2) is 0 Å². The summed E-state index contributed by atoms with van der Waals surface area (Å²) >= 11 is 0. The van der Waals surface area contributed by atoms with Gasteiger partial charge >= 0.3 is 0 Å². The van der Waals surface area contributed by atoms with Gasteiger partial charge in [-0.15, -0.1) is 0 Å². The number of nitrogens with two attached hydrogens (primary N) is 1. The first-order valence-electron chi connectivity index (χ1n) is 6.35. The summed E-state index contributed by atoms with van der Waals surface area (Å²) in [7, 11) is -3.66. The number of rotatable bonds is 6. The average molecular weight is 325 g/mol. The van der Waals surface area contributed by atoms with Crippen molar-refractivity contribution in [2.24, 2.45) is 5.14 Å². The van der Waals surface area contributed by atoms with Gasteiger partial charge in [-0.05, 0) is 17.7 Å². The van der Waals surface area contributed by atoms with Crippen molar-refractivity contribution in [3.05, 3.63) is 41.6 Å². The van der Waals surface area contributed by atoms with Crippen molar-refractivity contribution >= 4 is 27.5 Å². The molecule has 0 fully saturated rings. The van der Waals surface area contributed by atoms with Crippen molar-refractivity contribution in [2.45, 2.75) is 5.75 Å². The molecule has 9 heteroatoms. The monoisotopic (exact) mass is 325 g/mol. The fourth-order valence-electron chi connectivity index (χ4n) is 2.04. The molecule has 0 saturated carbocycles. The Morgan fingerprint density at radius 2 is 2.00 bits per heavy atom. The smallest absolute Gasteiger partial charge is 0.277 e. The Labute approximate surface area is 127 Å². The van der Waals surface area contributed by atoms with Gasteiger partial charge in [-0.25, -0.2) is 13.6 Å². The second kappa shape index (κ2) is 6.26. The topological polar surface area (TPSA) is 130 Å². The number of nitrogens with zero attached hydrogens (tertiary/aromatic N) is 1. The van der Waals surface area contributed by atoms with Crippen LogP contribution in [0.5, 0.6) is 0 Å². The summed E-state index contributed by atoms with van der Waals surface area (Å²) in [6.07, 6.45) is 1.13. The van der Waals surface area contributed by atoms with Gasteiger partial charge in [0.2, 0.25) is 10.0 Å². The van der Waals surface area contributed by atoms with Crippen LogP contribution in [0.2, 0.25) is 0 Å². The number of anilines is 1. The molecule has 0 atom stereocenters. The number of carbonyl (C=O) groups is 2. The maximum Gasteiger partial charge on any atom is 0.277 e. The molecule has 0 unspecified atom stereocenters. The maximum absolute atomic E-state index is 12.0. The fraction of sp³-hybridized carbons (Fsp3) is 0.231. The molecular weight excluding hydrogens is 310 g/mol. The van der Waals surface area contributed by atoms with Crippen LogP contribution in [0.15, 0.2) is 36.0 Å². The summed E-state index contributed by atoms with van der Waals surface area (Å²) in [5.74, 6) is -1.39. The molecule has 1 aliphatic heterocycles. The number of primary sulfonamides is 1. The zero-order valence-electron chi connectivity index (χ0n) is 11.5. The van der Waals surface area contributed by atoms with Crippen LogP contribution >= 0.6 is 0 Å². The van der Waals surface area contributed by atoms with Crippen molar-refractivity contribution in [3.63, 3.8) is 0 Å². The standard InChI is InChI=1S/C13H15N3O5S/c14-22(20,21)8-9-2-1-3-10(6-9)15-11-7-12(18)16(4-5-17)13(11)19/h1-3,6-7,15,17H,4-5,8H2,(H2,14,20,21). The van der Waals surface area contributed by atoms with E-state index in [2.05, 4.69) is 5.32 Å². The summed E-state index contributed by atoms with van der Waals surface area (Å²) in [6.45, 7) is -0.396. The first kappa shape index (κ1) is 16.1. The van der Waals surface area contributed by atoms with E-state index in [0.29, 0.717) is 11.3 Å². The van der Waals surface area contributed by atoms with Gasteiger partial charge in [-0.3, -0.25) is 14.5 Å². The Bertz CT molecular complexity index is 742. The normalized spacial score (nSPS) is 15.2. The highest BCUT2D eigenvalue weighted by Crippen LogP contribution is 2.18. The average Bonchev–Trinajstić information content (AvgIpc) is 2.65. The number of β-amino-alcohol motifs (C(OH)–C–C–N with tert-alkyl or cyclic N) is 1. The van der Waals surface area contributed by atoms with Crippen LogP contribution in [0.25, 0.3) is 0 Å². The molecule has 0 aliphatic carbocycles. The SMILES string of the molecule is NS(=O)(=O)Cc1cccc(NC2=CC(=O)N(CCO)C2=O)c1. The minimum atomic E-state index is -3.66. The lowest BCUT2D eigenvalue weighted by molar-refractivity contribution is -0.137. The Morgan fingerprint density at radius 3 is 2.64 bits per heavy atom. The third kappa shape index (κ3) is 3.91. The van der Waals surface area contributed by atoms with E-state index < -0.39 is 21.8 Å².